The van der Waals surface area contributed by atoms with E-state index in [1.54, 1.807) is 11.8 Å². The maximum Gasteiger partial charge on any atom is 0.145 e. The number of anilines is 2. The van der Waals surface area contributed by atoms with Gasteiger partial charge in [0.2, 0.25) is 0 Å². The minimum atomic E-state index is 0.178. The number of hydrogen-bond donors (Lipinski definition) is 0. The number of nitriles is 1. The Kier molecular flexibility index (Phi) is 5.79. The summed E-state index contributed by atoms with van der Waals surface area (Å²) in [5, 5.41) is 8.98. The molecule has 0 fully saturated rings. The fourth-order valence-electron chi connectivity index (χ4n) is 1.91. The molecule has 0 N–H and O–H groups in total. The van der Waals surface area contributed by atoms with Crippen molar-refractivity contribution in [1.29, 1.82) is 5.26 Å². The number of rotatable bonds is 4. The summed E-state index contributed by atoms with van der Waals surface area (Å²) in [6, 6.07) is 22.3. The van der Waals surface area contributed by atoms with E-state index in [1.165, 1.54) is 0 Å². The fraction of sp³-hybridized carbons (Fsp3) is 0.176. The first-order valence-electron chi connectivity index (χ1n) is 6.70. The Morgan fingerprint density at radius 3 is 2.00 bits per heavy atom. The summed E-state index contributed by atoms with van der Waals surface area (Å²) in [5.74, 6) is 0. The maximum atomic E-state index is 8.80. The molecule has 21 heavy (non-hydrogen) atoms. The quantitative estimate of drug-likeness (QED) is 0.730. The third-order valence-electron chi connectivity index (χ3n) is 2.89. The second-order valence-corrected chi connectivity index (χ2v) is 6.64. The van der Waals surface area contributed by atoms with Crippen molar-refractivity contribution in [2.75, 3.05) is 4.90 Å². The molecule has 2 aromatic rings. The molecule has 0 spiro atoms. The van der Waals surface area contributed by atoms with Crippen LogP contribution in [0.15, 0.2) is 60.7 Å². The van der Waals surface area contributed by atoms with Crippen LogP contribution in [0, 0.1) is 11.3 Å². The molecule has 106 valence electrons. The van der Waals surface area contributed by atoms with E-state index in [1.807, 2.05) is 72.5 Å². The van der Waals surface area contributed by atoms with Crippen LogP contribution < -0.4 is 4.90 Å². The monoisotopic (exact) mass is 312 g/mol. The third kappa shape index (κ3) is 4.32. The molecule has 0 saturated carbocycles. The number of thioether (sulfide) groups is 1. The van der Waals surface area contributed by atoms with Gasteiger partial charge < -0.3 is 0 Å². The van der Waals surface area contributed by atoms with Gasteiger partial charge in [0.25, 0.3) is 0 Å². The van der Waals surface area contributed by atoms with Crippen molar-refractivity contribution in [3.63, 3.8) is 0 Å². The molecule has 2 nitrogen and oxygen atoms in total. The molecule has 1 unspecified atom stereocenters. The summed E-state index contributed by atoms with van der Waals surface area (Å²) < 4.78 is 0.759. The van der Waals surface area contributed by atoms with Crippen molar-refractivity contribution in [2.45, 2.75) is 18.6 Å². The van der Waals surface area contributed by atoms with Crippen molar-refractivity contribution >= 4 is 39.7 Å². The Bertz CT molecular complexity index is 581. The largest absolute Gasteiger partial charge is 0.296 e. The highest BCUT2D eigenvalue weighted by Crippen LogP contribution is 2.30. The average molecular weight is 312 g/mol. The molecule has 4 heteroatoms. The number of para-hydroxylation sites is 2. The van der Waals surface area contributed by atoms with Crippen LogP contribution in [0.25, 0.3) is 0 Å². The minimum absolute atomic E-state index is 0.178. The Balaban J connectivity index is 2.29. The van der Waals surface area contributed by atoms with Gasteiger partial charge in [0.05, 0.1) is 6.07 Å². The molecule has 0 aliphatic rings. The smallest absolute Gasteiger partial charge is 0.145 e. The second-order valence-electron chi connectivity index (χ2n) is 4.56. The van der Waals surface area contributed by atoms with Gasteiger partial charge in [0, 0.05) is 23.0 Å². The van der Waals surface area contributed by atoms with Gasteiger partial charge in [-0.3, -0.25) is 4.90 Å². The second kappa shape index (κ2) is 7.82. The molecule has 0 heterocycles. The minimum Gasteiger partial charge on any atom is -0.296 e. The molecule has 0 aliphatic heterocycles. The number of thiocarbonyl (C=S) groups is 1. The van der Waals surface area contributed by atoms with E-state index < -0.39 is 0 Å². The van der Waals surface area contributed by atoms with E-state index in [4.69, 9.17) is 17.5 Å². The van der Waals surface area contributed by atoms with Crippen molar-refractivity contribution in [1.82, 2.24) is 0 Å². The van der Waals surface area contributed by atoms with E-state index in [-0.39, 0.29) is 5.25 Å². The van der Waals surface area contributed by atoms with Gasteiger partial charge in [0.15, 0.2) is 0 Å². The van der Waals surface area contributed by atoms with Crippen LogP contribution in [0.1, 0.15) is 13.3 Å². The molecule has 2 aromatic carbocycles. The predicted molar refractivity (Wildman–Crippen MR) is 94.9 cm³/mol. The first kappa shape index (κ1) is 15.6. The van der Waals surface area contributed by atoms with Gasteiger partial charge in [-0.05, 0) is 24.3 Å². The third-order valence-corrected chi connectivity index (χ3v) is 4.32. The van der Waals surface area contributed by atoms with Crippen LogP contribution in [0.5, 0.6) is 0 Å². The molecule has 0 amide bonds. The van der Waals surface area contributed by atoms with E-state index in [0.717, 1.165) is 15.7 Å². The topological polar surface area (TPSA) is 27.0 Å². The van der Waals surface area contributed by atoms with Gasteiger partial charge >= 0.3 is 0 Å². The average Bonchev–Trinajstić information content (AvgIpc) is 2.50. The van der Waals surface area contributed by atoms with Gasteiger partial charge in [-0.1, -0.05) is 67.3 Å². The normalized spacial score (nSPS) is 11.4. The molecule has 0 aliphatic carbocycles. The first-order chi connectivity index (χ1) is 10.2. The lowest BCUT2D eigenvalue weighted by atomic mass is 10.2. The van der Waals surface area contributed by atoms with Gasteiger partial charge in [-0.25, -0.2) is 0 Å². The lowest BCUT2D eigenvalue weighted by Gasteiger charge is -2.26. The maximum absolute atomic E-state index is 8.80. The fourth-order valence-corrected chi connectivity index (χ4v) is 3.43. The van der Waals surface area contributed by atoms with Crippen molar-refractivity contribution in [3.8, 4) is 6.07 Å². The summed E-state index contributed by atoms with van der Waals surface area (Å²) in [7, 11) is 0. The lowest BCUT2D eigenvalue weighted by Crippen LogP contribution is -2.23. The number of nitrogens with zero attached hydrogens (tertiary/aromatic N) is 2. The summed E-state index contributed by atoms with van der Waals surface area (Å²) in [4.78, 5) is 2.05. The van der Waals surface area contributed by atoms with Crippen molar-refractivity contribution in [2.24, 2.45) is 0 Å². The summed E-state index contributed by atoms with van der Waals surface area (Å²) in [6.45, 7) is 2.02. The Morgan fingerprint density at radius 2 is 1.57 bits per heavy atom. The number of hydrogen-bond acceptors (Lipinski definition) is 3. The molecule has 0 radical (unpaired) electrons. The van der Waals surface area contributed by atoms with Gasteiger partial charge in [-0.15, -0.1) is 0 Å². The van der Waals surface area contributed by atoms with E-state index in [2.05, 4.69) is 6.07 Å². The molecule has 0 bridgehead atoms. The molecule has 0 aromatic heterocycles. The zero-order valence-electron chi connectivity index (χ0n) is 11.8. The molecular formula is C17H16N2S2. The standard InChI is InChI=1S/C17H16N2S2/c1-14(12-13-18)21-17(20)19(15-8-4-2-5-9-15)16-10-6-3-7-11-16/h2-11,14H,12H2,1H3. The van der Waals surface area contributed by atoms with Crippen LogP contribution >= 0.6 is 24.0 Å². The summed E-state index contributed by atoms with van der Waals surface area (Å²) in [6.07, 6.45) is 0.488. The first-order valence-corrected chi connectivity index (χ1v) is 7.99. The van der Waals surface area contributed by atoms with E-state index in [9.17, 15) is 0 Å². The van der Waals surface area contributed by atoms with Crippen LogP contribution in [-0.2, 0) is 0 Å². The lowest BCUT2D eigenvalue weighted by molar-refractivity contribution is 0.997. The SMILES string of the molecule is CC(CC#N)SC(=S)N(c1ccccc1)c1ccccc1. The molecule has 1 atom stereocenters. The number of benzene rings is 2. The molecule has 0 saturated heterocycles. The highest BCUT2D eigenvalue weighted by Gasteiger charge is 2.17. The highest BCUT2D eigenvalue weighted by molar-refractivity contribution is 8.23. The van der Waals surface area contributed by atoms with E-state index in [0.29, 0.717) is 6.42 Å². The van der Waals surface area contributed by atoms with Crippen LogP contribution in [0.2, 0.25) is 0 Å². The molecular weight excluding hydrogens is 296 g/mol. The molecule has 2 rings (SSSR count). The predicted octanol–water partition coefficient (Wildman–Crippen LogP) is 5.14. The summed E-state index contributed by atoms with van der Waals surface area (Å²) >= 11 is 7.17. The zero-order valence-corrected chi connectivity index (χ0v) is 13.4. The summed E-state index contributed by atoms with van der Waals surface area (Å²) in [5.41, 5.74) is 2.07. The van der Waals surface area contributed by atoms with Crippen LogP contribution in [0.3, 0.4) is 0 Å². The van der Waals surface area contributed by atoms with Gasteiger partial charge in [0.1, 0.15) is 4.32 Å². The zero-order chi connectivity index (χ0) is 15.1. The highest BCUT2D eigenvalue weighted by atomic mass is 32.2. The van der Waals surface area contributed by atoms with Crippen LogP contribution in [0.4, 0.5) is 11.4 Å². The van der Waals surface area contributed by atoms with Crippen molar-refractivity contribution in [3.05, 3.63) is 60.7 Å². The van der Waals surface area contributed by atoms with Crippen LogP contribution in [-0.4, -0.2) is 9.57 Å². The Hall–Kier alpha value is -1.83. The van der Waals surface area contributed by atoms with E-state index >= 15 is 0 Å². The Labute approximate surface area is 135 Å². The Morgan fingerprint density at radius 1 is 1.10 bits per heavy atom. The van der Waals surface area contributed by atoms with Gasteiger partial charge in [-0.2, -0.15) is 5.26 Å². The van der Waals surface area contributed by atoms with Crippen molar-refractivity contribution < 1.29 is 0 Å².